The fourth-order valence-corrected chi connectivity index (χ4v) is 1.76. The van der Waals surface area contributed by atoms with Gasteiger partial charge in [-0.05, 0) is 6.92 Å². The zero-order chi connectivity index (χ0) is 13.7. The van der Waals surface area contributed by atoms with Crippen LogP contribution >= 0.6 is 0 Å². The number of aldehydes is 1. The number of hydrogen-bond donors (Lipinski definition) is 0. The second-order valence-electron chi connectivity index (χ2n) is 3.92. The van der Waals surface area contributed by atoms with Crippen molar-refractivity contribution in [3.8, 4) is 11.3 Å². The predicted molar refractivity (Wildman–Crippen MR) is 69.7 cm³/mol. The Morgan fingerprint density at radius 2 is 2.11 bits per heavy atom. The minimum absolute atomic E-state index is 0.00150. The number of benzene rings is 1. The molecule has 0 spiro atoms. The van der Waals surface area contributed by atoms with E-state index in [0.29, 0.717) is 17.9 Å². The normalized spacial score (nSPS) is 10.2. The van der Waals surface area contributed by atoms with Gasteiger partial charge in [0.15, 0.2) is 6.29 Å². The average molecular weight is 258 g/mol. The Kier molecular flexibility index (Phi) is 4.07. The van der Waals surface area contributed by atoms with Gasteiger partial charge in [0.05, 0.1) is 12.2 Å². The number of carbonyl (C=O) groups is 2. The molecule has 0 atom stereocenters. The van der Waals surface area contributed by atoms with E-state index in [2.05, 4.69) is 5.10 Å². The quantitative estimate of drug-likeness (QED) is 0.607. The lowest BCUT2D eigenvalue weighted by molar-refractivity contribution is -0.144. The number of hydrogen-bond acceptors (Lipinski definition) is 4. The fraction of sp³-hybridized carbons (Fsp3) is 0.214. The van der Waals surface area contributed by atoms with Gasteiger partial charge in [-0.2, -0.15) is 5.10 Å². The van der Waals surface area contributed by atoms with Crippen LogP contribution in [0.15, 0.2) is 36.5 Å². The molecule has 0 unspecified atom stereocenters. The lowest BCUT2D eigenvalue weighted by Gasteiger charge is -2.01. The van der Waals surface area contributed by atoms with Crippen LogP contribution in [0.3, 0.4) is 0 Å². The highest BCUT2D eigenvalue weighted by molar-refractivity contribution is 5.85. The topological polar surface area (TPSA) is 61.2 Å². The molecular weight excluding hydrogens is 244 g/mol. The minimum Gasteiger partial charge on any atom is -0.465 e. The van der Waals surface area contributed by atoms with Gasteiger partial charge in [-0.3, -0.25) is 14.3 Å². The molecule has 2 aromatic rings. The van der Waals surface area contributed by atoms with Crippen molar-refractivity contribution in [2.24, 2.45) is 0 Å². The fourth-order valence-electron chi connectivity index (χ4n) is 1.76. The lowest BCUT2D eigenvalue weighted by atomic mass is 10.1. The van der Waals surface area contributed by atoms with Crippen LogP contribution < -0.4 is 0 Å². The first-order valence-electron chi connectivity index (χ1n) is 5.98. The molecule has 0 N–H and O–H groups in total. The Balaban J connectivity index is 2.28. The van der Waals surface area contributed by atoms with E-state index in [-0.39, 0.29) is 12.5 Å². The van der Waals surface area contributed by atoms with Gasteiger partial charge < -0.3 is 4.74 Å². The first-order chi connectivity index (χ1) is 9.24. The van der Waals surface area contributed by atoms with Crippen molar-refractivity contribution in [3.05, 3.63) is 42.1 Å². The first-order valence-corrected chi connectivity index (χ1v) is 5.98. The molecular formula is C14H14N2O3. The maximum atomic E-state index is 11.4. The van der Waals surface area contributed by atoms with Crippen molar-refractivity contribution in [2.75, 3.05) is 6.61 Å². The second-order valence-corrected chi connectivity index (χ2v) is 3.92. The van der Waals surface area contributed by atoms with Gasteiger partial charge in [-0.1, -0.05) is 30.3 Å². The molecule has 0 fully saturated rings. The van der Waals surface area contributed by atoms with Gasteiger partial charge in [0, 0.05) is 11.8 Å². The number of aromatic nitrogens is 2. The number of ether oxygens (including phenoxy) is 1. The third-order valence-corrected chi connectivity index (χ3v) is 2.56. The van der Waals surface area contributed by atoms with Crippen molar-refractivity contribution in [1.29, 1.82) is 0 Å². The van der Waals surface area contributed by atoms with Gasteiger partial charge in [0.2, 0.25) is 0 Å². The largest absolute Gasteiger partial charge is 0.465 e. The zero-order valence-electron chi connectivity index (χ0n) is 10.6. The third-order valence-electron chi connectivity index (χ3n) is 2.56. The van der Waals surface area contributed by atoms with Crippen molar-refractivity contribution >= 4 is 12.3 Å². The molecule has 0 amide bonds. The lowest BCUT2D eigenvalue weighted by Crippen LogP contribution is -2.13. The van der Waals surface area contributed by atoms with E-state index in [1.807, 2.05) is 30.3 Å². The highest BCUT2D eigenvalue weighted by Crippen LogP contribution is 2.20. The standard InChI is InChI=1S/C14H14N2O3/c1-2-19-13(18)9-16-8-12(10-17)14(15-16)11-6-4-3-5-7-11/h3-8,10H,2,9H2,1H3. The molecule has 0 bridgehead atoms. The summed E-state index contributed by atoms with van der Waals surface area (Å²) in [6.45, 7) is 2.07. The number of carbonyl (C=O) groups excluding carboxylic acids is 2. The van der Waals surface area contributed by atoms with Crippen molar-refractivity contribution in [1.82, 2.24) is 9.78 Å². The Morgan fingerprint density at radius 3 is 2.74 bits per heavy atom. The van der Waals surface area contributed by atoms with Crippen molar-refractivity contribution < 1.29 is 14.3 Å². The Hall–Kier alpha value is -2.43. The number of nitrogens with zero attached hydrogens (tertiary/aromatic N) is 2. The van der Waals surface area contributed by atoms with E-state index < -0.39 is 0 Å². The number of esters is 1. The van der Waals surface area contributed by atoms with E-state index in [1.54, 1.807) is 13.1 Å². The summed E-state index contributed by atoms with van der Waals surface area (Å²) >= 11 is 0. The molecule has 0 saturated carbocycles. The summed E-state index contributed by atoms with van der Waals surface area (Å²) in [4.78, 5) is 22.4. The van der Waals surface area contributed by atoms with Crippen molar-refractivity contribution in [3.63, 3.8) is 0 Å². The molecule has 2 rings (SSSR count). The summed E-state index contributed by atoms with van der Waals surface area (Å²) in [5, 5.41) is 4.26. The highest BCUT2D eigenvalue weighted by atomic mass is 16.5. The summed E-state index contributed by atoms with van der Waals surface area (Å²) in [6, 6.07) is 9.36. The third kappa shape index (κ3) is 3.07. The monoisotopic (exact) mass is 258 g/mol. The molecule has 0 saturated heterocycles. The van der Waals surface area contributed by atoms with E-state index >= 15 is 0 Å². The average Bonchev–Trinajstić information content (AvgIpc) is 2.83. The van der Waals surface area contributed by atoms with Crippen LogP contribution in [0.2, 0.25) is 0 Å². The van der Waals surface area contributed by atoms with Crippen LogP contribution in [0, 0.1) is 0 Å². The minimum atomic E-state index is -0.373. The van der Waals surface area contributed by atoms with Crippen LogP contribution in [0.5, 0.6) is 0 Å². The van der Waals surface area contributed by atoms with Crippen LogP contribution in [0.25, 0.3) is 11.3 Å². The van der Waals surface area contributed by atoms with Gasteiger partial charge in [0.1, 0.15) is 12.2 Å². The molecule has 5 heteroatoms. The SMILES string of the molecule is CCOC(=O)Cn1cc(C=O)c(-c2ccccc2)n1. The van der Waals surface area contributed by atoms with Crippen molar-refractivity contribution in [2.45, 2.75) is 13.5 Å². The van der Waals surface area contributed by atoms with Crippen LogP contribution in [0.1, 0.15) is 17.3 Å². The molecule has 19 heavy (non-hydrogen) atoms. The molecule has 1 heterocycles. The molecule has 0 aliphatic rings. The van der Waals surface area contributed by atoms with Gasteiger partial charge >= 0.3 is 5.97 Å². The summed E-state index contributed by atoms with van der Waals surface area (Å²) in [7, 11) is 0. The number of rotatable bonds is 5. The Labute approximate surface area is 110 Å². The van der Waals surface area contributed by atoms with E-state index in [4.69, 9.17) is 4.74 Å². The molecule has 98 valence electrons. The van der Waals surface area contributed by atoms with Gasteiger partial charge in [-0.15, -0.1) is 0 Å². The van der Waals surface area contributed by atoms with E-state index in [9.17, 15) is 9.59 Å². The maximum absolute atomic E-state index is 11.4. The summed E-state index contributed by atoms with van der Waals surface area (Å²) in [5.74, 6) is -0.373. The maximum Gasteiger partial charge on any atom is 0.327 e. The second kappa shape index (κ2) is 5.95. The van der Waals surface area contributed by atoms with E-state index in [1.165, 1.54) is 4.68 Å². The molecule has 0 aliphatic heterocycles. The van der Waals surface area contributed by atoms with Crippen LogP contribution in [-0.2, 0) is 16.1 Å². The first kappa shape index (κ1) is 13.0. The highest BCUT2D eigenvalue weighted by Gasteiger charge is 2.12. The summed E-state index contributed by atoms with van der Waals surface area (Å²) < 4.78 is 6.27. The Bertz CT molecular complexity index is 576. The molecule has 0 radical (unpaired) electrons. The van der Waals surface area contributed by atoms with E-state index in [0.717, 1.165) is 11.8 Å². The van der Waals surface area contributed by atoms with Crippen LogP contribution in [0.4, 0.5) is 0 Å². The van der Waals surface area contributed by atoms with Gasteiger partial charge in [-0.25, -0.2) is 0 Å². The molecule has 1 aromatic carbocycles. The zero-order valence-corrected chi connectivity index (χ0v) is 10.6. The molecule has 1 aromatic heterocycles. The van der Waals surface area contributed by atoms with Gasteiger partial charge in [0.25, 0.3) is 0 Å². The summed E-state index contributed by atoms with van der Waals surface area (Å²) in [5.41, 5.74) is 1.86. The van der Waals surface area contributed by atoms with Crippen LogP contribution in [-0.4, -0.2) is 28.6 Å². The molecule has 5 nitrogen and oxygen atoms in total. The Morgan fingerprint density at radius 1 is 1.37 bits per heavy atom. The summed E-state index contributed by atoms with van der Waals surface area (Å²) in [6.07, 6.45) is 2.28. The molecule has 0 aliphatic carbocycles. The smallest absolute Gasteiger partial charge is 0.327 e. The predicted octanol–water partition coefficient (Wildman–Crippen LogP) is 1.93.